The van der Waals surface area contributed by atoms with Crippen LogP contribution in [0, 0.1) is 5.41 Å². The third kappa shape index (κ3) is 11.3. The SMILES string of the molecule is CCC[CH2][Sn]([CH2]CCC)([CH2]CCC)/[C](C)=C(/CCCOC(=O)C(C)(C)C)C(=O)OCC. The summed E-state index contributed by atoms with van der Waals surface area (Å²) in [5.41, 5.74) is 0.398. The van der Waals surface area contributed by atoms with Crippen LogP contribution >= 0.6 is 0 Å². The van der Waals surface area contributed by atoms with Crippen LogP contribution in [0.3, 0.4) is 0 Å². The molecule has 31 heavy (non-hydrogen) atoms. The van der Waals surface area contributed by atoms with Crippen molar-refractivity contribution in [3.63, 3.8) is 0 Å². The van der Waals surface area contributed by atoms with Crippen LogP contribution in [-0.2, 0) is 19.1 Å². The van der Waals surface area contributed by atoms with Crippen molar-refractivity contribution in [2.75, 3.05) is 13.2 Å². The van der Waals surface area contributed by atoms with Gasteiger partial charge in [0, 0.05) is 0 Å². The van der Waals surface area contributed by atoms with Gasteiger partial charge >= 0.3 is 197 Å². The van der Waals surface area contributed by atoms with Crippen molar-refractivity contribution in [3.8, 4) is 0 Å². The van der Waals surface area contributed by atoms with Crippen LogP contribution in [0.5, 0.6) is 0 Å². The summed E-state index contributed by atoms with van der Waals surface area (Å²) >= 11 is -2.69. The predicted molar refractivity (Wildman–Crippen MR) is 134 cm³/mol. The van der Waals surface area contributed by atoms with Gasteiger partial charge < -0.3 is 0 Å². The van der Waals surface area contributed by atoms with E-state index >= 15 is 0 Å². The zero-order valence-electron chi connectivity index (χ0n) is 21.8. The molecular formula is C26H50O4Sn. The summed E-state index contributed by atoms with van der Waals surface area (Å²) in [7, 11) is 0. The van der Waals surface area contributed by atoms with E-state index < -0.39 is 23.8 Å². The molecule has 0 radical (unpaired) electrons. The third-order valence-electron chi connectivity index (χ3n) is 6.21. The van der Waals surface area contributed by atoms with Gasteiger partial charge in [-0.15, -0.1) is 0 Å². The second kappa shape index (κ2) is 16.1. The summed E-state index contributed by atoms with van der Waals surface area (Å²) in [6.45, 7) is 17.3. The van der Waals surface area contributed by atoms with Gasteiger partial charge in [-0.3, -0.25) is 0 Å². The number of rotatable bonds is 16. The molecule has 0 aromatic rings. The molecule has 0 heterocycles. The molecule has 0 saturated carbocycles. The van der Waals surface area contributed by atoms with E-state index in [2.05, 4.69) is 27.7 Å². The number of allylic oxidation sites excluding steroid dienone is 1. The molecule has 5 heteroatoms. The van der Waals surface area contributed by atoms with Gasteiger partial charge in [0.2, 0.25) is 0 Å². The molecular weight excluding hydrogens is 495 g/mol. The van der Waals surface area contributed by atoms with Gasteiger partial charge in [-0.05, 0) is 0 Å². The molecule has 0 rings (SSSR count). The van der Waals surface area contributed by atoms with Gasteiger partial charge in [0.25, 0.3) is 0 Å². The van der Waals surface area contributed by atoms with Gasteiger partial charge in [-0.2, -0.15) is 0 Å². The Balaban J connectivity index is 5.81. The van der Waals surface area contributed by atoms with E-state index in [0.717, 1.165) is 5.57 Å². The first kappa shape index (κ1) is 30.5. The van der Waals surface area contributed by atoms with Crippen molar-refractivity contribution >= 4 is 30.3 Å². The Morgan fingerprint density at radius 2 is 1.26 bits per heavy atom. The monoisotopic (exact) mass is 546 g/mol. The van der Waals surface area contributed by atoms with Crippen LogP contribution in [-0.4, -0.2) is 43.5 Å². The Morgan fingerprint density at radius 1 is 0.774 bits per heavy atom. The molecule has 0 aromatic heterocycles. The number of carbonyl (C=O) groups is 2. The molecule has 182 valence electrons. The number of unbranched alkanes of at least 4 members (excludes halogenated alkanes) is 3. The quantitative estimate of drug-likeness (QED) is 0.0867. The molecule has 0 aliphatic rings. The van der Waals surface area contributed by atoms with E-state index in [9.17, 15) is 9.59 Å². The molecule has 0 saturated heterocycles. The fraction of sp³-hybridized carbons (Fsp3) is 0.846. The van der Waals surface area contributed by atoms with Gasteiger partial charge in [0.15, 0.2) is 0 Å². The molecule has 0 spiro atoms. The first-order chi connectivity index (χ1) is 14.6. The van der Waals surface area contributed by atoms with Crippen molar-refractivity contribution in [1.82, 2.24) is 0 Å². The van der Waals surface area contributed by atoms with Crippen LogP contribution in [0.15, 0.2) is 9.16 Å². The third-order valence-corrected chi connectivity index (χ3v) is 22.8. The second-order valence-electron chi connectivity index (χ2n) is 9.90. The van der Waals surface area contributed by atoms with Crippen LogP contribution in [0.2, 0.25) is 13.3 Å². The van der Waals surface area contributed by atoms with Crippen molar-refractivity contribution in [2.45, 2.75) is 120 Å². The summed E-state index contributed by atoms with van der Waals surface area (Å²) in [5, 5.41) is 0. The zero-order chi connectivity index (χ0) is 23.9. The number of hydrogen-bond acceptors (Lipinski definition) is 4. The van der Waals surface area contributed by atoms with Crippen molar-refractivity contribution in [1.29, 1.82) is 0 Å². The molecule has 0 bridgehead atoms. The van der Waals surface area contributed by atoms with Gasteiger partial charge in [0.1, 0.15) is 0 Å². The summed E-state index contributed by atoms with van der Waals surface area (Å²) in [6.07, 6.45) is 8.74. The Morgan fingerprint density at radius 3 is 1.65 bits per heavy atom. The first-order valence-electron chi connectivity index (χ1n) is 12.6. The molecule has 0 aliphatic heterocycles. The fourth-order valence-corrected chi connectivity index (χ4v) is 20.7. The van der Waals surface area contributed by atoms with Crippen LogP contribution < -0.4 is 0 Å². The zero-order valence-corrected chi connectivity index (χ0v) is 24.7. The van der Waals surface area contributed by atoms with Crippen LogP contribution in [0.25, 0.3) is 0 Å². The number of esters is 2. The van der Waals surface area contributed by atoms with Crippen LogP contribution in [0.1, 0.15) is 107 Å². The number of ether oxygens (including phenoxy) is 2. The second-order valence-corrected chi connectivity index (χ2v) is 23.6. The van der Waals surface area contributed by atoms with E-state index in [0.29, 0.717) is 26.1 Å². The standard InChI is InChI=1S/C14H23O4.3C4H9.Sn/c1-6-11(12(15)17-7-2)9-8-10-18-13(16)14(3,4)5;3*1-3-4-2;/h7-10H2,1-5H3;3*1,3-4H2,2H3;. The van der Waals surface area contributed by atoms with Gasteiger partial charge in [0.05, 0.1) is 0 Å². The minimum absolute atomic E-state index is 0.146. The normalized spacial score (nSPS) is 13.0. The number of hydrogen-bond donors (Lipinski definition) is 0. The van der Waals surface area contributed by atoms with E-state index in [4.69, 9.17) is 9.47 Å². The van der Waals surface area contributed by atoms with E-state index in [1.165, 1.54) is 55.4 Å². The molecule has 0 unspecified atom stereocenters. The molecule has 0 fully saturated rings. The summed E-state index contributed by atoms with van der Waals surface area (Å²) in [5.74, 6) is -0.332. The fourth-order valence-electron chi connectivity index (χ4n) is 4.09. The van der Waals surface area contributed by atoms with Crippen molar-refractivity contribution < 1.29 is 19.1 Å². The maximum absolute atomic E-state index is 13.0. The predicted octanol–water partition coefficient (Wildman–Crippen LogP) is 7.62. The van der Waals surface area contributed by atoms with Crippen molar-refractivity contribution in [2.24, 2.45) is 5.41 Å². The average molecular weight is 545 g/mol. The Hall–Kier alpha value is -0.521. The minimum atomic E-state index is -2.69. The number of carbonyl (C=O) groups excluding carboxylic acids is 2. The Kier molecular flexibility index (Phi) is 15.9. The van der Waals surface area contributed by atoms with E-state index in [1.54, 1.807) is 0 Å². The van der Waals surface area contributed by atoms with Gasteiger partial charge in [-0.25, -0.2) is 0 Å². The van der Waals surface area contributed by atoms with Crippen LogP contribution in [0.4, 0.5) is 0 Å². The molecule has 0 amide bonds. The maximum atomic E-state index is 13.0. The first-order valence-corrected chi connectivity index (χ1v) is 20.1. The van der Waals surface area contributed by atoms with E-state index in [1.807, 2.05) is 27.7 Å². The average Bonchev–Trinajstić information content (AvgIpc) is 2.72. The molecule has 0 N–H and O–H groups in total. The molecule has 0 aromatic carbocycles. The molecule has 0 atom stereocenters. The topological polar surface area (TPSA) is 52.6 Å². The summed E-state index contributed by atoms with van der Waals surface area (Å²) in [4.78, 5) is 25.1. The molecule has 0 aliphatic carbocycles. The Labute approximate surface area is 196 Å². The summed E-state index contributed by atoms with van der Waals surface area (Å²) in [6, 6.07) is 0. The van der Waals surface area contributed by atoms with Crippen molar-refractivity contribution in [3.05, 3.63) is 9.16 Å². The van der Waals surface area contributed by atoms with Gasteiger partial charge in [-0.1, -0.05) is 0 Å². The van der Waals surface area contributed by atoms with E-state index in [-0.39, 0.29) is 11.9 Å². The summed E-state index contributed by atoms with van der Waals surface area (Å²) < 4.78 is 16.4. The molecule has 4 nitrogen and oxygen atoms in total. The Bertz CT molecular complexity index is 538.